The number of hydrogen-bond donors (Lipinski definition) is 1. The van der Waals surface area contributed by atoms with Gasteiger partial charge in [-0.25, -0.2) is 0 Å². The molecule has 1 aliphatic heterocycles. The standard InChI is InChI=1S/C11H11NO2/c1-11(2)9(13)7-5-3-4-6-8(7)10(14)12-11/h3-6H,1-2H3,(H,12,14). The van der Waals surface area contributed by atoms with Crippen LogP contribution in [-0.4, -0.2) is 17.2 Å². The van der Waals surface area contributed by atoms with E-state index >= 15 is 0 Å². The highest BCUT2D eigenvalue weighted by Crippen LogP contribution is 2.22. The highest BCUT2D eigenvalue weighted by molar-refractivity contribution is 6.16. The summed E-state index contributed by atoms with van der Waals surface area (Å²) in [7, 11) is 0. The summed E-state index contributed by atoms with van der Waals surface area (Å²) < 4.78 is 0. The number of rotatable bonds is 0. The van der Waals surface area contributed by atoms with Gasteiger partial charge in [-0.3, -0.25) is 9.59 Å². The Morgan fingerprint density at radius 1 is 1.07 bits per heavy atom. The fraction of sp³-hybridized carbons (Fsp3) is 0.273. The number of carbonyl (C=O) groups is 2. The molecule has 0 radical (unpaired) electrons. The van der Waals surface area contributed by atoms with E-state index in [0.29, 0.717) is 11.1 Å². The number of Topliss-reactive ketones (excluding diaryl/α,β-unsaturated/α-hetero) is 1. The van der Waals surface area contributed by atoms with E-state index in [1.165, 1.54) is 0 Å². The molecule has 0 spiro atoms. The van der Waals surface area contributed by atoms with Crippen LogP contribution in [0.1, 0.15) is 34.6 Å². The zero-order chi connectivity index (χ0) is 10.3. The Labute approximate surface area is 82.1 Å². The fourth-order valence-corrected chi connectivity index (χ4v) is 1.62. The monoisotopic (exact) mass is 189 g/mol. The van der Waals surface area contributed by atoms with Crippen LogP contribution in [0.5, 0.6) is 0 Å². The molecular formula is C11H11NO2. The first-order valence-corrected chi connectivity index (χ1v) is 4.49. The van der Waals surface area contributed by atoms with Crippen LogP contribution in [-0.2, 0) is 0 Å². The number of amides is 1. The van der Waals surface area contributed by atoms with Crippen LogP contribution in [0.25, 0.3) is 0 Å². The van der Waals surface area contributed by atoms with E-state index in [4.69, 9.17) is 0 Å². The Morgan fingerprint density at radius 2 is 1.64 bits per heavy atom. The molecule has 0 bridgehead atoms. The third kappa shape index (κ3) is 1.13. The first kappa shape index (κ1) is 8.94. The second-order valence-corrected chi connectivity index (χ2v) is 3.95. The van der Waals surface area contributed by atoms with E-state index in [1.54, 1.807) is 38.1 Å². The minimum atomic E-state index is -0.786. The number of benzene rings is 1. The summed E-state index contributed by atoms with van der Waals surface area (Å²) in [6.07, 6.45) is 0. The molecule has 3 heteroatoms. The van der Waals surface area contributed by atoms with Gasteiger partial charge in [0.25, 0.3) is 5.91 Å². The van der Waals surface area contributed by atoms with Crippen molar-refractivity contribution in [3.63, 3.8) is 0 Å². The maximum atomic E-state index is 11.9. The first-order valence-electron chi connectivity index (χ1n) is 4.49. The van der Waals surface area contributed by atoms with Crippen LogP contribution < -0.4 is 5.32 Å². The van der Waals surface area contributed by atoms with Crippen molar-refractivity contribution in [1.29, 1.82) is 0 Å². The molecule has 0 aromatic heterocycles. The zero-order valence-electron chi connectivity index (χ0n) is 8.13. The van der Waals surface area contributed by atoms with Crippen molar-refractivity contribution < 1.29 is 9.59 Å². The third-order valence-electron chi connectivity index (χ3n) is 2.41. The largest absolute Gasteiger partial charge is 0.340 e. The van der Waals surface area contributed by atoms with E-state index < -0.39 is 5.54 Å². The SMILES string of the molecule is CC1(C)NC(=O)c2ccccc2C1=O. The van der Waals surface area contributed by atoms with Crippen molar-refractivity contribution in [2.45, 2.75) is 19.4 Å². The molecule has 1 aromatic rings. The summed E-state index contributed by atoms with van der Waals surface area (Å²) in [4.78, 5) is 23.5. The molecule has 0 atom stereocenters. The number of hydrogen-bond acceptors (Lipinski definition) is 2. The molecule has 72 valence electrons. The van der Waals surface area contributed by atoms with Gasteiger partial charge >= 0.3 is 0 Å². The van der Waals surface area contributed by atoms with Gasteiger partial charge in [-0.15, -0.1) is 0 Å². The average molecular weight is 189 g/mol. The second-order valence-electron chi connectivity index (χ2n) is 3.95. The van der Waals surface area contributed by atoms with Crippen LogP contribution in [0.2, 0.25) is 0 Å². The van der Waals surface area contributed by atoms with E-state index in [1.807, 2.05) is 0 Å². The Hall–Kier alpha value is -1.64. The number of ketones is 1. The number of nitrogens with one attached hydrogen (secondary N) is 1. The van der Waals surface area contributed by atoms with Crippen molar-refractivity contribution in [3.05, 3.63) is 35.4 Å². The molecule has 1 N–H and O–H groups in total. The first-order chi connectivity index (χ1) is 6.52. The predicted octanol–water partition coefficient (Wildman–Crippen LogP) is 1.39. The van der Waals surface area contributed by atoms with Crippen LogP contribution >= 0.6 is 0 Å². The van der Waals surface area contributed by atoms with Gasteiger partial charge in [0, 0.05) is 5.56 Å². The van der Waals surface area contributed by atoms with Gasteiger partial charge in [0.1, 0.15) is 0 Å². The molecule has 3 nitrogen and oxygen atoms in total. The van der Waals surface area contributed by atoms with Gasteiger partial charge in [0.15, 0.2) is 5.78 Å². The van der Waals surface area contributed by atoms with Gasteiger partial charge in [0.2, 0.25) is 0 Å². The second kappa shape index (κ2) is 2.67. The minimum Gasteiger partial charge on any atom is -0.340 e. The van der Waals surface area contributed by atoms with Gasteiger partial charge < -0.3 is 5.32 Å². The molecule has 1 amide bonds. The molecule has 2 rings (SSSR count). The van der Waals surface area contributed by atoms with Gasteiger partial charge in [-0.1, -0.05) is 18.2 Å². The molecule has 1 heterocycles. The predicted molar refractivity (Wildman–Crippen MR) is 52.3 cm³/mol. The van der Waals surface area contributed by atoms with Crippen LogP contribution in [0.15, 0.2) is 24.3 Å². The minimum absolute atomic E-state index is 0.0345. The van der Waals surface area contributed by atoms with Crippen molar-refractivity contribution >= 4 is 11.7 Å². The normalized spacial score (nSPS) is 18.7. The summed E-state index contributed by atoms with van der Waals surface area (Å²) in [5.74, 6) is -0.210. The number of carbonyl (C=O) groups excluding carboxylic acids is 2. The lowest BCUT2D eigenvalue weighted by atomic mass is 9.86. The maximum absolute atomic E-state index is 11.9. The Morgan fingerprint density at radius 3 is 2.29 bits per heavy atom. The highest BCUT2D eigenvalue weighted by Gasteiger charge is 2.37. The van der Waals surface area contributed by atoms with E-state index in [2.05, 4.69) is 5.32 Å². The van der Waals surface area contributed by atoms with Gasteiger partial charge in [-0.05, 0) is 19.9 Å². The Balaban J connectivity index is 2.63. The summed E-state index contributed by atoms with van der Waals surface area (Å²) in [5.41, 5.74) is 0.198. The summed E-state index contributed by atoms with van der Waals surface area (Å²) >= 11 is 0. The average Bonchev–Trinajstić information content (AvgIpc) is 2.14. The van der Waals surface area contributed by atoms with Crippen molar-refractivity contribution in [2.75, 3.05) is 0 Å². The smallest absolute Gasteiger partial charge is 0.252 e. The molecule has 1 aromatic carbocycles. The molecule has 0 unspecified atom stereocenters. The molecule has 0 saturated heterocycles. The number of fused-ring (bicyclic) bond motifs is 1. The zero-order valence-corrected chi connectivity index (χ0v) is 8.13. The van der Waals surface area contributed by atoms with Crippen molar-refractivity contribution in [1.82, 2.24) is 5.32 Å². The molecule has 0 aliphatic carbocycles. The molecule has 0 fully saturated rings. The van der Waals surface area contributed by atoms with Crippen molar-refractivity contribution in [3.8, 4) is 0 Å². The van der Waals surface area contributed by atoms with E-state index in [0.717, 1.165) is 0 Å². The molecule has 0 saturated carbocycles. The van der Waals surface area contributed by atoms with Crippen LogP contribution in [0.4, 0.5) is 0 Å². The molecule has 1 aliphatic rings. The summed E-state index contributed by atoms with van der Waals surface area (Å²) in [6.45, 7) is 3.42. The molecular weight excluding hydrogens is 178 g/mol. The lowest BCUT2D eigenvalue weighted by Crippen LogP contribution is -2.53. The van der Waals surface area contributed by atoms with Crippen molar-refractivity contribution in [2.24, 2.45) is 0 Å². The maximum Gasteiger partial charge on any atom is 0.252 e. The molecule has 14 heavy (non-hydrogen) atoms. The topological polar surface area (TPSA) is 46.2 Å². The Bertz CT molecular complexity index is 421. The van der Waals surface area contributed by atoms with Crippen LogP contribution in [0.3, 0.4) is 0 Å². The quantitative estimate of drug-likeness (QED) is 0.670. The Kier molecular flexibility index (Phi) is 1.71. The van der Waals surface area contributed by atoms with Crippen LogP contribution in [0, 0.1) is 0 Å². The lowest BCUT2D eigenvalue weighted by molar-refractivity contribution is 0.0767. The third-order valence-corrected chi connectivity index (χ3v) is 2.41. The van der Waals surface area contributed by atoms with Gasteiger partial charge in [0.05, 0.1) is 11.1 Å². The van der Waals surface area contributed by atoms with E-state index in [9.17, 15) is 9.59 Å². The summed E-state index contributed by atoms with van der Waals surface area (Å²) in [5, 5.41) is 2.67. The lowest BCUT2D eigenvalue weighted by Gasteiger charge is -2.30. The van der Waals surface area contributed by atoms with E-state index in [-0.39, 0.29) is 11.7 Å². The van der Waals surface area contributed by atoms with Gasteiger partial charge in [-0.2, -0.15) is 0 Å². The summed E-state index contributed by atoms with van der Waals surface area (Å²) in [6, 6.07) is 6.88. The fourth-order valence-electron chi connectivity index (χ4n) is 1.62. The highest BCUT2D eigenvalue weighted by atomic mass is 16.2.